The minimum Gasteiger partial charge on any atom is -0.387 e. The van der Waals surface area contributed by atoms with Gasteiger partial charge in [0.05, 0.1) is 0 Å². The van der Waals surface area contributed by atoms with Crippen molar-refractivity contribution in [2.75, 3.05) is 31.9 Å². The third kappa shape index (κ3) is 7.28. The van der Waals surface area contributed by atoms with Gasteiger partial charge in [-0.2, -0.15) is 0 Å². The standard InChI is InChI=1S/C13H26N4O7.C9H16S/c14-3-1-5-16-12(23)10(21)8(19)9(20)11(22)13(24)17-6-2-4-15-7-18;1-2-3-4-5-7-9-8-6-10(7,8)9/h7-11,19-22H,1-6,14H2,(H,15,18)(H,16,23)(H,17,24);7-9H,2-6H2,1H3. The lowest BCUT2D eigenvalue weighted by atomic mass is 10.0. The van der Waals surface area contributed by atoms with Crippen molar-refractivity contribution in [3.63, 3.8) is 0 Å². The van der Waals surface area contributed by atoms with Crippen LogP contribution in [-0.4, -0.2) is 111 Å². The Balaban J connectivity index is 0.000000327. The molecule has 3 amide bonds. The Hall–Kier alpha value is -1.44. The average molecular weight is 507 g/mol. The van der Waals surface area contributed by atoms with Crippen LogP contribution in [0.4, 0.5) is 0 Å². The number of fused-ring (bicyclic) bond motifs is 1. The number of aliphatic hydroxyl groups excluding tert-OH is 4. The second-order valence-electron chi connectivity index (χ2n) is 9.13. The van der Waals surface area contributed by atoms with Crippen molar-refractivity contribution in [3.8, 4) is 0 Å². The Labute approximate surface area is 202 Å². The SMILES string of the molecule is CCCCCC1C2C3CS132.NCCCNC(=O)C(O)C(O)C(O)C(O)C(=O)NCCCNC=O. The van der Waals surface area contributed by atoms with E-state index in [-0.39, 0.29) is 13.1 Å². The van der Waals surface area contributed by atoms with E-state index in [2.05, 4.69) is 22.9 Å². The summed E-state index contributed by atoms with van der Waals surface area (Å²) in [4.78, 5) is 33.2. The van der Waals surface area contributed by atoms with Gasteiger partial charge in [0.1, 0.15) is 12.2 Å². The van der Waals surface area contributed by atoms with Crippen LogP contribution < -0.4 is 21.7 Å². The molecule has 8 unspecified atom stereocenters. The number of rotatable bonds is 17. The van der Waals surface area contributed by atoms with Gasteiger partial charge in [-0.25, -0.2) is 10.0 Å². The molecule has 1 spiro atoms. The maximum absolute atomic E-state index is 11.6. The molecular weight excluding hydrogens is 464 g/mol. The van der Waals surface area contributed by atoms with E-state index in [1.165, 1.54) is 28.6 Å². The van der Waals surface area contributed by atoms with Crippen LogP contribution in [0.1, 0.15) is 45.4 Å². The number of carbonyl (C=O) groups is 3. The second-order valence-corrected chi connectivity index (χ2v) is 13.0. The van der Waals surface area contributed by atoms with Gasteiger partial charge in [-0.1, -0.05) is 26.2 Å². The van der Waals surface area contributed by atoms with Crippen molar-refractivity contribution >= 4 is 28.3 Å². The van der Waals surface area contributed by atoms with Crippen molar-refractivity contribution in [1.29, 1.82) is 0 Å². The summed E-state index contributed by atoms with van der Waals surface area (Å²) in [5.74, 6) is -0.222. The molecule has 8 atom stereocenters. The number of hydrogen-bond donors (Lipinski definition) is 8. The maximum Gasteiger partial charge on any atom is 0.251 e. The highest BCUT2D eigenvalue weighted by atomic mass is 32.3. The van der Waals surface area contributed by atoms with Crippen LogP contribution in [0.3, 0.4) is 0 Å². The zero-order chi connectivity index (χ0) is 25.3. The molecule has 0 saturated carbocycles. The number of unbranched alkanes of at least 4 members (excludes halogenated alkanes) is 2. The highest BCUT2D eigenvalue weighted by Gasteiger charge is 2.93. The van der Waals surface area contributed by atoms with Crippen molar-refractivity contribution < 1.29 is 34.8 Å². The zero-order valence-corrected chi connectivity index (χ0v) is 20.7. The molecule has 3 saturated heterocycles. The van der Waals surface area contributed by atoms with E-state index in [0.717, 1.165) is 0 Å². The van der Waals surface area contributed by atoms with Gasteiger partial charge in [0.2, 0.25) is 6.41 Å². The predicted molar refractivity (Wildman–Crippen MR) is 130 cm³/mol. The lowest BCUT2D eigenvalue weighted by Crippen LogP contribution is -2.54. The van der Waals surface area contributed by atoms with E-state index in [4.69, 9.17) is 5.73 Å². The minimum absolute atomic E-state index is 0.113. The number of hydrogen-bond acceptors (Lipinski definition) is 8. The number of carbonyl (C=O) groups excluding carboxylic acids is 3. The summed E-state index contributed by atoms with van der Waals surface area (Å²) in [7, 11) is 0.295. The van der Waals surface area contributed by atoms with Crippen molar-refractivity contribution in [1.82, 2.24) is 16.0 Å². The second kappa shape index (κ2) is 13.6. The first-order valence-corrected chi connectivity index (χ1v) is 14.2. The van der Waals surface area contributed by atoms with Crippen LogP contribution in [0, 0.1) is 0 Å². The molecule has 0 aliphatic carbocycles. The first kappa shape index (κ1) is 28.8. The van der Waals surface area contributed by atoms with Gasteiger partial charge in [-0.3, -0.25) is 14.4 Å². The molecule has 0 aromatic rings. The van der Waals surface area contributed by atoms with Crippen LogP contribution >= 0.6 is 10.0 Å². The largest absolute Gasteiger partial charge is 0.387 e. The van der Waals surface area contributed by atoms with Crippen LogP contribution in [0.5, 0.6) is 0 Å². The van der Waals surface area contributed by atoms with E-state index < -0.39 is 36.2 Å². The van der Waals surface area contributed by atoms with Gasteiger partial charge < -0.3 is 42.1 Å². The lowest BCUT2D eigenvalue weighted by Gasteiger charge is -2.25. The first-order chi connectivity index (χ1) is 16.3. The summed E-state index contributed by atoms with van der Waals surface area (Å²) in [6.45, 7) is 3.23. The molecule has 3 fully saturated rings. The Morgan fingerprint density at radius 1 is 0.971 bits per heavy atom. The third-order valence-corrected chi connectivity index (χ3v) is 11.5. The Morgan fingerprint density at radius 3 is 1.97 bits per heavy atom. The molecule has 0 aromatic heterocycles. The van der Waals surface area contributed by atoms with Crippen molar-refractivity contribution in [2.24, 2.45) is 5.73 Å². The van der Waals surface area contributed by atoms with E-state index in [1.807, 2.05) is 0 Å². The number of nitrogens with one attached hydrogen (secondary N) is 3. The third-order valence-electron chi connectivity index (χ3n) is 6.74. The summed E-state index contributed by atoms with van der Waals surface area (Å²) in [6.07, 6.45) is -0.771. The molecule has 12 heteroatoms. The van der Waals surface area contributed by atoms with E-state index >= 15 is 0 Å². The van der Waals surface area contributed by atoms with Crippen molar-refractivity contribution in [3.05, 3.63) is 0 Å². The summed E-state index contributed by atoms with van der Waals surface area (Å²) in [5, 5.41) is 49.7. The van der Waals surface area contributed by atoms with E-state index in [1.54, 1.807) is 18.6 Å². The molecule has 0 aromatic carbocycles. The van der Waals surface area contributed by atoms with Crippen LogP contribution in [-0.2, 0) is 14.4 Å². The van der Waals surface area contributed by atoms with Gasteiger partial charge in [0.15, 0.2) is 12.2 Å². The lowest BCUT2D eigenvalue weighted by molar-refractivity contribution is -0.155. The van der Waals surface area contributed by atoms with Gasteiger partial charge >= 0.3 is 0 Å². The Kier molecular flexibility index (Phi) is 11.5. The normalized spacial score (nSPS) is 30.4. The number of aliphatic hydroxyl groups is 4. The molecule has 34 heavy (non-hydrogen) atoms. The summed E-state index contributed by atoms with van der Waals surface area (Å²) in [5.41, 5.74) is 5.24. The van der Waals surface area contributed by atoms with Gasteiger partial charge in [-0.15, -0.1) is 0 Å². The van der Waals surface area contributed by atoms with Gasteiger partial charge in [-0.05, 0) is 31.6 Å². The molecule has 11 nitrogen and oxygen atoms in total. The van der Waals surface area contributed by atoms with Crippen LogP contribution in [0.25, 0.3) is 0 Å². The van der Waals surface area contributed by atoms with Gasteiger partial charge in [0, 0.05) is 35.4 Å². The Morgan fingerprint density at radius 2 is 1.53 bits per heavy atom. The minimum atomic E-state index is -2.06. The molecule has 0 radical (unpaired) electrons. The van der Waals surface area contributed by atoms with Crippen LogP contribution in [0.2, 0.25) is 0 Å². The number of nitrogens with two attached hydrogens (primary N) is 1. The highest BCUT2D eigenvalue weighted by molar-refractivity contribution is 8.54. The number of amides is 3. The molecule has 3 heterocycles. The molecular formula is C22H42N4O7S. The monoisotopic (exact) mass is 506 g/mol. The first-order valence-electron chi connectivity index (χ1n) is 12.2. The molecule has 198 valence electrons. The molecule has 3 rings (SSSR count). The fourth-order valence-electron chi connectivity index (χ4n) is 4.38. The average Bonchev–Trinajstić information content (AvgIpc) is 3.77. The maximum atomic E-state index is 11.6. The fourth-order valence-corrected chi connectivity index (χ4v) is 9.72. The molecule has 9 N–H and O–H groups in total. The van der Waals surface area contributed by atoms with E-state index in [9.17, 15) is 34.8 Å². The molecule has 3 aliphatic rings. The molecule has 3 aliphatic heterocycles. The molecule has 0 bridgehead atoms. The quantitative estimate of drug-likeness (QED) is 0.0611. The summed E-state index contributed by atoms with van der Waals surface area (Å²) in [6, 6.07) is 0. The predicted octanol–water partition coefficient (Wildman–Crippen LogP) is -2.33. The fraction of sp³-hybridized carbons (Fsp3) is 0.864. The summed E-state index contributed by atoms with van der Waals surface area (Å²) < 4.78 is 0. The summed E-state index contributed by atoms with van der Waals surface area (Å²) >= 11 is 0. The van der Waals surface area contributed by atoms with Gasteiger partial charge in [0.25, 0.3) is 11.8 Å². The topological polar surface area (TPSA) is 194 Å². The smallest absolute Gasteiger partial charge is 0.251 e. The van der Waals surface area contributed by atoms with Crippen molar-refractivity contribution in [2.45, 2.75) is 85.6 Å². The van der Waals surface area contributed by atoms with E-state index in [0.29, 0.717) is 42.4 Å². The Bertz CT molecular complexity index is 688. The highest BCUT2D eigenvalue weighted by Crippen LogP contribution is 3.09. The zero-order valence-electron chi connectivity index (χ0n) is 19.9. The van der Waals surface area contributed by atoms with Crippen LogP contribution in [0.15, 0.2) is 0 Å².